The molecular formula is C16H22O4S. The lowest BCUT2D eigenvalue weighted by Crippen LogP contribution is -2.25. The number of rotatable bonds is 6. The molecule has 0 spiro atoms. The maximum Gasteiger partial charge on any atom is 0.159 e. The molecule has 1 atom stereocenters. The second kappa shape index (κ2) is 7.71. The predicted octanol–water partition coefficient (Wildman–Crippen LogP) is 2.72. The number of carbonyl (C=O) groups excluding carboxylic acids is 1. The molecule has 0 aromatic heterocycles. The van der Waals surface area contributed by atoms with E-state index in [4.69, 9.17) is 9.47 Å². The Kier molecular flexibility index (Phi) is 5.94. The fourth-order valence-corrected chi connectivity index (χ4v) is 3.90. The predicted molar refractivity (Wildman–Crippen MR) is 83.3 cm³/mol. The summed E-state index contributed by atoms with van der Waals surface area (Å²) >= 11 is 0. The van der Waals surface area contributed by atoms with E-state index in [9.17, 15) is 9.00 Å². The number of ketones is 1. The Morgan fingerprint density at radius 2 is 2.10 bits per heavy atom. The molecule has 5 heteroatoms. The van der Waals surface area contributed by atoms with E-state index in [-0.39, 0.29) is 11.0 Å². The van der Waals surface area contributed by atoms with Crippen molar-refractivity contribution >= 4 is 16.6 Å². The molecule has 1 heterocycles. The van der Waals surface area contributed by atoms with Gasteiger partial charge in [-0.2, -0.15) is 0 Å². The van der Waals surface area contributed by atoms with Gasteiger partial charge < -0.3 is 9.47 Å². The molecule has 116 valence electrons. The molecule has 1 saturated heterocycles. The minimum absolute atomic E-state index is 0.0103. The van der Waals surface area contributed by atoms with Gasteiger partial charge in [-0.3, -0.25) is 9.00 Å². The highest BCUT2D eigenvalue weighted by Crippen LogP contribution is 2.25. The summed E-state index contributed by atoms with van der Waals surface area (Å²) in [6, 6.07) is 5.37. The van der Waals surface area contributed by atoms with Crippen molar-refractivity contribution in [2.24, 2.45) is 0 Å². The van der Waals surface area contributed by atoms with Crippen LogP contribution in [0, 0.1) is 0 Å². The molecule has 0 radical (unpaired) electrons. The van der Waals surface area contributed by atoms with Crippen LogP contribution in [0.5, 0.6) is 5.75 Å². The quantitative estimate of drug-likeness (QED) is 0.758. The van der Waals surface area contributed by atoms with Crippen LogP contribution in [0.3, 0.4) is 0 Å². The summed E-state index contributed by atoms with van der Waals surface area (Å²) in [6.45, 7) is 5.37. The van der Waals surface area contributed by atoms with Gasteiger partial charge >= 0.3 is 0 Å². The lowest BCUT2D eigenvalue weighted by Gasteiger charge is -2.22. The van der Waals surface area contributed by atoms with E-state index in [0.29, 0.717) is 31.1 Å². The molecule has 0 bridgehead atoms. The highest BCUT2D eigenvalue weighted by Gasteiger charge is 2.21. The highest BCUT2D eigenvalue weighted by atomic mass is 32.2. The van der Waals surface area contributed by atoms with Crippen LogP contribution in [-0.2, 0) is 21.3 Å². The van der Waals surface area contributed by atoms with Gasteiger partial charge in [0.05, 0.1) is 12.4 Å². The Morgan fingerprint density at radius 1 is 1.38 bits per heavy atom. The molecule has 0 N–H and O–H groups in total. The van der Waals surface area contributed by atoms with Crippen molar-refractivity contribution in [1.29, 1.82) is 0 Å². The molecule has 1 aliphatic rings. The van der Waals surface area contributed by atoms with Crippen LogP contribution >= 0.6 is 0 Å². The van der Waals surface area contributed by atoms with E-state index in [1.807, 2.05) is 13.0 Å². The number of ether oxygens (including phenoxy) is 2. The van der Waals surface area contributed by atoms with Crippen LogP contribution in [0.1, 0.15) is 42.6 Å². The van der Waals surface area contributed by atoms with Crippen molar-refractivity contribution in [3.05, 3.63) is 29.3 Å². The third-order valence-electron chi connectivity index (χ3n) is 3.60. The van der Waals surface area contributed by atoms with Crippen LogP contribution in [0.4, 0.5) is 0 Å². The van der Waals surface area contributed by atoms with Gasteiger partial charge in [-0.15, -0.1) is 0 Å². The first kappa shape index (κ1) is 16.2. The van der Waals surface area contributed by atoms with Crippen LogP contribution in [0.15, 0.2) is 18.2 Å². The van der Waals surface area contributed by atoms with Crippen molar-refractivity contribution in [1.82, 2.24) is 0 Å². The summed E-state index contributed by atoms with van der Waals surface area (Å²) in [7, 11) is -0.964. The largest absolute Gasteiger partial charge is 0.494 e. The summed E-state index contributed by atoms with van der Waals surface area (Å²) in [5.41, 5.74) is 1.49. The van der Waals surface area contributed by atoms with Gasteiger partial charge in [-0.1, -0.05) is 0 Å². The zero-order chi connectivity index (χ0) is 15.2. The molecule has 2 rings (SSSR count). The summed E-state index contributed by atoms with van der Waals surface area (Å²) < 4.78 is 23.4. The summed E-state index contributed by atoms with van der Waals surface area (Å²) in [5.74, 6) is 1.17. The fourth-order valence-electron chi connectivity index (χ4n) is 2.42. The zero-order valence-corrected chi connectivity index (χ0v) is 13.4. The van der Waals surface area contributed by atoms with E-state index in [2.05, 4.69) is 0 Å². The second-order valence-electron chi connectivity index (χ2n) is 5.15. The zero-order valence-electron chi connectivity index (χ0n) is 12.6. The minimum Gasteiger partial charge on any atom is -0.494 e. The summed E-state index contributed by atoms with van der Waals surface area (Å²) in [4.78, 5) is 11.5. The number of Topliss-reactive ketones (excluding diaryl/α,β-unsaturated/α-hetero) is 1. The van der Waals surface area contributed by atoms with Crippen molar-refractivity contribution in [2.45, 2.75) is 37.7 Å². The molecule has 1 aromatic carbocycles. The highest BCUT2D eigenvalue weighted by molar-refractivity contribution is 7.84. The Bertz CT molecular complexity index is 521. The van der Waals surface area contributed by atoms with Crippen molar-refractivity contribution in [3.63, 3.8) is 0 Å². The Labute approximate surface area is 128 Å². The van der Waals surface area contributed by atoms with Crippen molar-refractivity contribution < 1.29 is 18.5 Å². The molecule has 1 fully saturated rings. The number of benzene rings is 1. The fraction of sp³-hybridized carbons (Fsp3) is 0.562. The standard InChI is InChI=1S/C16H22O4S/c1-3-20-16-5-4-13(12(2)17)10-14(16)11-21(18)15-6-8-19-9-7-15/h4-5,10,15H,3,6-9,11H2,1-2H3. The minimum atomic E-state index is -0.964. The van der Waals surface area contributed by atoms with Gasteiger partial charge in [0.25, 0.3) is 0 Å². The maximum atomic E-state index is 12.5. The smallest absolute Gasteiger partial charge is 0.159 e. The van der Waals surface area contributed by atoms with Gasteiger partial charge in [0, 0.05) is 40.4 Å². The number of hydrogen-bond acceptors (Lipinski definition) is 4. The van der Waals surface area contributed by atoms with E-state index >= 15 is 0 Å². The average Bonchev–Trinajstić information content (AvgIpc) is 2.50. The van der Waals surface area contributed by atoms with Gasteiger partial charge in [-0.05, 0) is 44.9 Å². The molecule has 21 heavy (non-hydrogen) atoms. The first-order valence-corrected chi connectivity index (χ1v) is 8.71. The first-order valence-electron chi connectivity index (χ1n) is 7.33. The SMILES string of the molecule is CCOc1ccc(C(C)=O)cc1CS(=O)C1CCOCC1. The van der Waals surface area contributed by atoms with E-state index in [1.165, 1.54) is 6.92 Å². The van der Waals surface area contributed by atoms with E-state index < -0.39 is 10.8 Å². The molecule has 1 unspecified atom stereocenters. The summed E-state index contributed by atoms with van der Waals surface area (Å²) in [6.07, 6.45) is 1.67. The van der Waals surface area contributed by atoms with Crippen LogP contribution in [0.2, 0.25) is 0 Å². The molecular weight excluding hydrogens is 288 g/mol. The van der Waals surface area contributed by atoms with E-state index in [1.54, 1.807) is 12.1 Å². The Morgan fingerprint density at radius 3 is 2.71 bits per heavy atom. The maximum absolute atomic E-state index is 12.5. The molecule has 4 nitrogen and oxygen atoms in total. The topological polar surface area (TPSA) is 52.6 Å². The van der Waals surface area contributed by atoms with Gasteiger partial charge in [0.1, 0.15) is 5.75 Å². The average molecular weight is 310 g/mol. The normalized spacial score (nSPS) is 17.4. The van der Waals surface area contributed by atoms with Gasteiger partial charge in [0.2, 0.25) is 0 Å². The first-order chi connectivity index (χ1) is 10.1. The van der Waals surface area contributed by atoms with Crippen molar-refractivity contribution in [2.75, 3.05) is 19.8 Å². The molecule has 0 saturated carbocycles. The van der Waals surface area contributed by atoms with Gasteiger partial charge in [0.15, 0.2) is 5.78 Å². The van der Waals surface area contributed by atoms with Crippen LogP contribution in [-0.4, -0.2) is 35.1 Å². The third-order valence-corrected chi connectivity index (χ3v) is 5.42. The molecule has 1 aromatic rings. The number of hydrogen-bond donors (Lipinski definition) is 0. The Balaban J connectivity index is 2.17. The Hall–Kier alpha value is -1.20. The third kappa shape index (κ3) is 4.38. The molecule has 0 aliphatic carbocycles. The second-order valence-corrected chi connectivity index (χ2v) is 6.87. The van der Waals surface area contributed by atoms with Gasteiger partial charge in [-0.25, -0.2) is 0 Å². The number of carbonyl (C=O) groups is 1. The van der Waals surface area contributed by atoms with Crippen LogP contribution in [0.25, 0.3) is 0 Å². The monoisotopic (exact) mass is 310 g/mol. The van der Waals surface area contributed by atoms with Crippen molar-refractivity contribution in [3.8, 4) is 5.75 Å². The van der Waals surface area contributed by atoms with Crippen LogP contribution < -0.4 is 4.74 Å². The molecule has 1 aliphatic heterocycles. The lowest BCUT2D eigenvalue weighted by molar-refractivity contribution is 0.0991. The van der Waals surface area contributed by atoms with E-state index in [0.717, 1.165) is 24.2 Å². The molecule has 0 amide bonds. The summed E-state index contributed by atoms with van der Waals surface area (Å²) in [5, 5.41) is 0.175. The lowest BCUT2D eigenvalue weighted by atomic mass is 10.1.